The first kappa shape index (κ1) is 60.8. The van der Waals surface area contributed by atoms with E-state index in [1.807, 2.05) is 0 Å². The van der Waals surface area contributed by atoms with Crippen LogP contribution in [0, 0.1) is 0 Å². The molecule has 368 valence electrons. The lowest BCUT2D eigenvalue weighted by Gasteiger charge is -2.24. The Morgan fingerprint density at radius 3 is 1.27 bits per heavy atom. The van der Waals surface area contributed by atoms with E-state index in [2.05, 4.69) is 74.7 Å². The number of aliphatic hydroxyl groups is 2. The van der Waals surface area contributed by atoms with Gasteiger partial charge >= 0.3 is 5.97 Å². The van der Waals surface area contributed by atoms with Gasteiger partial charge in [0.2, 0.25) is 5.91 Å². The molecule has 0 aliphatic rings. The maximum Gasteiger partial charge on any atom is 0.306 e. The molecule has 0 aromatic heterocycles. The third kappa shape index (κ3) is 46.2. The number of unbranched alkanes of at least 4 members (excludes halogenated alkanes) is 29. The number of allylic oxidation sites excluding steroid dienone is 8. The number of aliphatic hydroxyl groups excluding tert-OH is 2. The Bertz CT molecular complexity index is 1080. The molecule has 63 heavy (non-hydrogen) atoms. The molecule has 6 heteroatoms. The van der Waals surface area contributed by atoms with Crippen LogP contribution in [0.25, 0.3) is 0 Å². The van der Waals surface area contributed by atoms with Gasteiger partial charge in [-0.1, -0.05) is 223 Å². The van der Waals surface area contributed by atoms with Gasteiger partial charge in [0, 0.05) is 6.42 Å². The lowest BCUT2D eigenvalue weighted by Crippen LogP contribution is -2.46. The Morgan fingerprint density at radius 1 is 0.460 bits per heavy atom. The van der Waals surface area contributed by atoms with E-state index in [4.69, 9.17) is 4.74 Å². The monoisotopic (exact) mass is 884 g/mol. The van der Waals surface area contributed by atoms with Gasteiger partial charge in [-0.3, -0.25) is 9.59 Å². The highest BCUT2D eigenvalue weighted by atomic mass is 16.5. The molecule has 0 heterocycles. The minimum atomic E-state index is -0.796. The quantitative estimate of drug-likeness (QED) is 0.0321. The lowest BCUT2D eigenvalue weighted by molar-refractivity contribution is -0.151. The van der Waals surface area contributed by atoms with Crippen LogP contribution in [-0.2, 0) is 14.3 Å². The van der Waals surface area contributed by atoms with Crippen LogP contribution in [0.5, 0.6) is 0 Å². The summed E-state index contributed by atoms with van der Waals surface area (Å²) in [5.74, 6) is -0.507. The minimum Gasteiger partial charge on any atom is -0.462 e. The summed E-state index contributed by atoms with van der Waals surface area (Å²) in [5, 5.41) is 23.8. The first-order chi connectivity index (χ1) is 31.0. The Hall–Kier alpha value is -2.18. The third-order valence-electron chi connectivity index (χ3n) is 12.4. The molecular weight excluding hydrogens is 779 g/mol. The van der Waals surface area contributed by atoms with E-state index < -0.39 is 18.2 Å². The summed E-state index contributed by atoms with van der Waals surface area (Å²) in [6.07, 6.45) is 61.7. The molecule has 0 fully saturated rings. The van der Waals surface area contributed by atoms with Crippen molar-refractivity contribution in [2.45, 2.75) is 296 Å². The smallest absolute Gasteiger partial charge is 0.306 e. The van der Waals surface area contributed by atoms with Crippen molar-refractivity contribution >= 4 is 11.9 Å². The number of carbonyl (C=O) groups excluding carboxylic acids is 2. The number of rotatable bonds is 49. The molecule has 0 radical (unpaired) electrons. The van der Waals surface area contributed by atoms with E-state index in [-0.39, 0.29) is 24.9 Å². The number of amides is 1. The molecule has 3 N–H and O–H groups in total. The van der Waals surface area contributed by atoms with Gasteiger partial charge in [-0.25, -0.2) is 0 Å². The molecule has 0 aromatic rings. The predicted molar refractivity (Wildman–Crippen MR) is 273 cm³/mol. The van der Waals surface area contributed by atoms with Crippen molar-refractivity contribution in [2.75, 3.05) is 6.61 Å². The Kier molecular flexibility index (Phi) is 49.1. The molecular formula is C57H105NO5. The molecule has 0 spiro atoms. The Labute approximate surface area is 391 Å². The van der Waals surface area contributed by atoms with E-state index in [0.717, 1.165) is 89.9 Å². The zero-order valence-corrected chi connectivity index (χ0v) is 42.0. The van der Waals surface area contributed by atoms with Crippen molar-refractivity contribution in [1.82, 2.24) is 5.32 Å². The molecule has 6 nitrogen and oxygen atoms in total. The molecule has 0 rings (SSSR count). The number of carbonyl (C=O) groups is 2. The highest BCUT2D eigenvalue weighted by Crippen LogP contribution is 2.18. The molecule has 0 aliphatic carbocycles. The van der Waals surface area contributed by atoms with Crippen molar-refractivity contribution in [3.05, 3.63) is 48.6 Å². The maximum absolute atomic E-state index is 13.2. The van der Waals surface area contributed by atoms with Gasteiger partial charge in [0.15, 0.2) is 0 Å². The molecule has 0 saturated heterocycles. The van der Waals surface area contributed by atoms with Gasteiger partial charge in [-0.2, -0.15) is 0 Å². The highest BCUT2D eigenvalue weighted by Gasteiger charge is 2.24. The maximum atomic E-state index is 13.2. The Balaban J connectivity index is 4.64. The van der Waals surface area contributed by atoms with Crippen molar-refractivity contribution in [3.63, 3.8) is 0 Å². The Morgan fingerprint density at radius 2 is 0.810 bits per heavy atom. The fourth-order valence-electron chi connectivity index (χ4n) is 8.20. The second kappa shape index (κ2) is 50.8. The average molecular weight is 884 g/mol. The van der Waals surface area contributed by atoms with Crippen LogP contribution in [0.1, 0.15) is 278 Å². The third-order valence-corrected chi connectivity index (χ3v) is 12.4. The van der Waals surface area contributed by atoms with E-state index in [0.29, 0.717) is 19.3 Å². The number of nitrogens with one attached hydrogen (secondary N) is 1. The van der Waals surface area contributed by atoms with Gasteiger partial charge in [0.05, 0.1) is 25.2 Å². The highest BCUT2D eigenvalue weighted by molar-refractivity contribution is 5.77. The van der Waals surface area contributed by atoms with Crippen molar-refractivity contribution < 1.29 is 24.5 Å². The fraction of sp³-hybridized carbons (Fsp3) is 0.825. The van der Waals surface area contributed by atoms with Crippen LogP contribution in [0.15, 0.2) is 48.6 Å². The largest absolute Gasteiger partial charge is 0.462 e. The number of esters is 1. The summed E-state index contributed by atoms with van der Waals surface area (Å²) >= 11 is 0. The molecule has 3 unspecified atom stereocenters. The van der Waals surface area contributed by atoms with Crippen molar-refractivity contribution in [2.24, 2.45) is 0 Å². The fourth-order valence-corrected chi connectivity index (χ4v) is 8.20. The summed E-state index contributed by atoms with van der Waals surface area (Å²) in [6, 6.07) is -0.712. The second-order valence-corrected chi connectivity index (χ2v) is 18.6. The van der Waals surface area contributed by atoms with E-state index in [1.165, 1.54) is 141 Å². The van der Waals surface area contributed by atoms with E-state index in [9.17, 15) is 19.8 Å². The SMILES string of the molecule is CCCCC/C=C\C/C=C\C/C=C\CCCCCCC(CC(=O)NC(CO)C(O)CCCCCCCCCCCCCCC)OC(=O)CCCCC/C=C\CCCCCCCCC. The zero-order valence-electron chi connectivity index (χ0n) is 42.0. The van der Waals surface area contributed by atoms with Gasteiger partial charge < -0.3 is 20.3 Å². The minimum absolute atomic E-state index is 0.0577. The summed E-state index contributed by atoms with van der Waals surface area (Å²) in [5.41, 5.74) is 0. The lowest BCUT2D eigenvalue weighted by atomic mass is 10.0. The van der Waals surface area contributed by atoms with E-state index >= 15 is 0 Å². The normalized spacial score (nSPS) is 13.5. The first-order valence-electron chi connectivity index (χ1n) is 27.4. The number of ether oxygens (including phenoxy) is 1. The molecule has 0 aliphatic heterocycles. The molecule has 0 bridgehead atoms. The van der Waals surface area contributed by atoms with Crippen molar-refractivity contribution in [1.29, 1.82) is 0 Å². The average Bonchev–Trinajstić information content (AvgIpc) is 3.28. The van der Waals surface area contributed by atoms with Crippen LogP contribution in [0.4, 0.5) is 0 Å². The van der Waals surface area contributed by atoms with Gasteiger partial charge in [-0.05, 0) is 89.9 Å². The molecule has 0 saturated carbocycles. The van der Waals surface area contributed by atoms with E-state index in [1.54, 1.807) is 0 Å². The van der Waals surface area contributed by atoms with Crippen LogP contribution in [0.3, 0.4) is 0 Å². The summed E-state index contributed by atoms with van der Waals surface area (Å²) < 4.78 is 5.93. The number of hydrogen-bond donors (Lipinski definition) is 3. The zero-order chi connectivity index (χ0) is 45.9. The standard InChI is InChI=1S/C57H105NO5/c1-4-7-10-13-16-19-22-25-27-28-29-31-33-36-39-42-45-48-53(63-57(62)50-47-44-41-38-35-32-26-23-20-17-14-11-8-5-2)51-56(61)58-54(52-59)55(60)49-46-43-40-37-34-30-24-21-18-15-12-9-6-3/h16,19,25,27,29,31-32,35,53-55,59-60H,4-15,17-18,20-24,26,28,30,33-34,36-52H2,1-3H3,(H,58,61)/b19-16-,27-25-,31-29-,35-32-. The molecule has 1 amide bonds. The number of hydrogen-bond acceptors (Lipinski definition) is 5. The van der Waals surface area contributed by atoms with Crippen molar-refractivity contribution in [3.8, 4) is 0 Å². The molecule has 3 atom stereocenters. The molecule has 0 aromatic carbocycles. The predicted octanol–water partition coefficient (Wildman–Crippen LogP) is 16.6. The van der Waals surface area contributed by atoms with Gasteiger partial charge in [0.25, 0.3) is 0 Å². The first-order valence-corrected chi connectivity index (χ1v) is 27.4. The summed E-state index contributed by atoms with van der Waals surface area (Å²) in [7, 11) is 0. The van der Waals surface area contributed by atoms with Crippen LogP contribution in [0.2, 0.25) is 0 Å². The van der Waals surface area contributed by atoms with Gasteiger partial charge in [-0.15, -0.1) is 0 Å². The topological polar surface area (TPSA) is 95.9 Å². The van der Waals surface area contributed by atoms with Crippen LogP contribution in [-0.4, -0.2) is 46.9 Å². The summed E-state index contributed by atoms with van der Waals surface area (Å²) in [6.45, 7) is 6.46. The van der Waals surface area contributed by atoms with Crippen LogP contribution < -0.4 is 5.32 Å². The van der Waals surface area contributed by atoms with Crippen LogP contribution >= 0.6 is 0 Å². The summed E-state index contributed by atoms with van der Waals surface area (Å²) in [4.78, 5) is 26.2. The second-order valence-electron chi connectivity index (χ2n) is 18.6. The van der Waals surface area contributed by atoms with Gasteiger partial charge in [0.1, 0.15) is 6.10 Å².